The molecule has 0 fully saturated rings. The molecule has 1 aromatic rings. The molecule has 31 heavy (non-hydrogen) atoms. The summed E-state index contributed by atoms with van der Waals surface area (Å²) in [6.45, 7) is 3.48. The molecular formula is C25H40O6. The zero-order valence-electron chi connectivity index (χ0n) is 19.2. The van der Waals surface area contributed by atoms with Crippen LogP contribution in [0, 0.1) is 0 Å². The summed E-state index contributed by atoms with van der Waals surface area (Å²) in [5.74, 6) is -2.23. The fraction of sp³-hybridized carbons (Fsp3) is 0.640. The first-order valence-corrected chi connectivity index (χ1v) is 11.6. The van der Waals surface area contributed by atoms with Gasteiger partial charge in [0.25, 0.3) is 0 Å². The van der Waals surface area contributed by atoms with Crippen LogP contribution >= 0.6 is 0 Å². The lowest BCUT2D eigenvalue weighted by Crippen LogP contribution is -2.06. The number of para-hydroxylation sites is 1. The van der Waals surface area contributed by atoms with Gasteiger partial charge in [-0.1, -0.05) is 96.1 Å². The number of unbranched alkanes of at least 4 members (excludes halogenated alkanes) is 12. The van der Waals surface area contributed by atoms with E-state index < -0.39 is 17.9 Å². The highest BCUT2D eigenvalue weighted by molar-refractivity contribution is 5.91. The average Bonchev–Trinajstić information content (AvgIpc) is 2.71. The summed E-state index contributed by atoms with van der Waals surface area (Å²) in [4.78, 5) is 31.5. The van der Waals surface area contributed by atoms with E-state index in [1.54, 1.807) is 12.1 Å². The third kappa shape index (κ3) is 18.1. The molecule has 1 aromatic carbocycles. The van der Waals surface area contributed by atoms with Crippen LogP contribution in [0.1, 0.15) is 114 Å². The molecule has 0 bridgehead atoms. The van der Waals surface area contributed by atoms with Crippen molar-refractivity contribution in [2.24, 2.45) is 0 Å². The van der Waals surface area contributed by atoms with E-state index in [1.165, 1.54) is 89.7 Å². The average molecular weight is 437 g/mol. The SMILES string of the molecule is CC(=O)Oc1ccccc1C(=O)O.CCCCCCCCCCCCCCCC(=O)O. The summed E-state index contributed by atoms with van der Waals surface area (Å²) in [6.07, 6.45) is 17.3. The van der Waals surface area contributed by atoms with Crippen LogP contribution in [0.2, 0.25) is 0 Å². The van der Waals surface area contributed by atoms with Gasteiger partial charge in [0.2, 0.25) is 0 Å². The summed E-state index contributed by atoms with van der Waals surface area (Å²) in [5, 5.41) is 17.2. The maximum absolute atomic E-state index is 10.6. The largest absolute Gasteiger partial charge is 0.481 e. The van der Waals surface area contributed by atoms with E-state index in [9.17, 15) is 14.4 Å². The molecule has 0 aliphatic heterocycles. The molecule has 0 heterocycles. The molecule has 0 aliphatic carbocycles. The molecule has 6 heteroatoms. The second-order valence-electron chi connectivity index (χ2n) is 7.78. The van der Waals surface area contributed by atoms with Crippen LogP contribution in [-0.2, 0) is 9.59 Å². The number of carbonyl (C=O) groups excluding carboxylic acids is 1. The molecule has 0 aromatic heterocycles. The van der Waals surface area contributed by atoms with Gasteiger partial charge >= 0.3 is 17.9 Å². The first kappa shape index (κ1) is 28.6. The number of carbonyl (C=O) groups is 3. The summed E-state index contributed by atoms with van der Waals surface area (Å²) in [7, 11) is 0. The number of esters is 1. The highest BCUT2D eigenvalue weighted by Crippen LogP contribution is 2.17. The number of hydrogen-bond acceptors (Lipinski definition) is 4. The van der Waals surface area contributed by atoms with E-state index >= 15 is 0 Å². The molecule has 0 amide bonds. The first-order valence-electron chi connectivity index (χ1n) is 11.6. The molecule has 0 saturated heterocycles. The van der Waals surface area contributed by atoms with Crippen molar-refractivity contribution < 1.29 is 29.3 Å². The quantitative estimate of drug-likeness (QED) is 0.167. The third-order valence-corrected chi connectivity index (χ3v) is 4.87. The molecule has 0 spiro atoms. The van der Waals surface area contributed by atoms with Crippen molar-refractivity contribution in [1.29, 1.82) is 0 Å². The Morgan fingerprint density at radius 1 is 0.742 bits per heavy atom. The highest BCUT2D eigenvalue weighted by Gasteiger charge is 2.11. The zero-order valence-corrected chi connectivity index (χ0v) is 19.2. The Hall–Kier alpha value is -2.37. The van der Waals surface area contributed by atoms with Crippen molar-refractivity contribution in [1.82, 2.24) is 0 Å². The molecule has 6 nitrogen and oxygen atoms in total. The number of aromatic carboxylic acids is 1. The lowest BCUT2D eigenvalue weighted by atomic mass is 10.0. The van der Waals surface area contributed by atoms with Crippen molar-refractivity contribution in [3.8, 4) is 5.75 Å². The third-order valence-electron chi connectivity index (χ3n) is 4.87. The highest BCUT2D eigenvalue weighted by atomic mass is 16.5. The lowest BCUT2D eigenvalue weighted by molar-refractivity contribution is -0.137. The molecule has 0 saturated carbocycles. The number of ether oxygens (including phenoxy) is 1. The Bertz CT molecular complexity index is 626. The number of rotatable bonds is 16. The molecule has 0 unspecified atom stereocenters. The maximum atomic E-state index is 10.6. The second-order valence-corrected chi connectivity index (χ2v) is 7.78. The van der Waals surface area contributed by atoms with Crippen LogP contribution in [0.5, 0.6) is 5.75 Å². The first-order chi connectivity index (χ1) is 14.9. The van der Waals surface area contributed by atoms with Crippen LogP contribution in [0.15, 0.2) is 24.3 Å². The fourth-order valence-electron chi connectivity index (χ4n) is 3.18. The van der Waals surface area contributed by atoms with Crippen LogP contribution in [0.4, 0.5) is 0 Å². The van der Waals surface area contributed by atoms with E-state index in [4.69, 9.17) is 10.2 Å². The Labute approximate surface area is 187 Å². The molecule has 0 atom stereocenters. The summed E-state index contributed by atoms with van der Waals surface area (Å²) >= 11 is 0. The van der Waals surface area contributed by atoms with E-state index in [0.717, 1.165) is 12.8 Å². The topological polar surface area (TPSA) is 101 Å². The van der Waals surface area contributed by atoms with E-state index in [-0.39, 0.29) is 11.3 Å². The minimum Gasteiger partial charge on any atom is -0.481 e. The summed E-state index contributed by atoms with van der Waals surface area (Å²) in [6, 6.07) is 5.98. The van der Waals surface area contributed by atoms with Gasteiger partial charge in [-0.25, -0.2) is 4.79 Å². The Morgan fingerprint density at radius 2 is 1.19 bits per heavy atom. The van der Waals surface area contributed by atoms with Crippen LogP contribution in [0.25, 0.3) is 0 Å². The number of carboxylic acids is 2. The lowest BCUT2D eigenvalue weighted by Gasteiger charge is -2.03. The van der Waals surface area contributed by atoms with Crippen molar-refractivity contribution in [3.63, 3.8) is 0 Å². The van der Waals surface area contributed by atoms with Gasteiger partial charge in [-0.3, -0.25) is 9.59 Å². The van der Waals surface area contributed by atoms with Crippen molar-refractivity contribution in [2.75, 3.05) is 0 Å². The zero-order chi connectivity index (χ0) is 23.3. The summed E-state index contributed by atoms with van der Waals surface area (Å²) in [5.41, 5.74) is -0.0160. The van der Waals surface area contributed by atoms with Gasteiger partial charge in [0.1, 0.15) is 11.3 Å². The second kappa shape index (κ2) is 19.6. The van der Waals surface area contributed by atoms with Gasteiger partial charge in [0.05, 0.1) is 0 Å². The fourth-order valence-corrected chi connectivity index (χ4v) is 3.18. The van der Waals surface area contributed by atoms with Gasteiger partial charge in [0.15, 0.2) is 0 Å². The van der Waals surface area contributed by atoms with Crippen molar-refractivity contribution in [2.45, 2.75) is 104 Å². The monoisotopic (exact) mass is 436 g/mol. The molecule has 1 rings (SSSR count). The molecular weight excluding hydrogens is 396 g/mol. The molecule has 0 radical (unpaired) electrons. The molecule has 2 N–H and O–H groups in total. The van der Waals surface area contributed by atoms with E-state index in [0.29, 0.717) is 6.42 Å². The van der Waals surface area contributed by atoms with E-state index in [1.807, 2.05) is 0 Å². The Balaban J connectivity index is 0.000000609. The number of carboxylic acid groups (broad SMARTS) is 2. The minimum atomic E-state index is -1.11. The summed E-state index contributed by atoms with van der Waals surface area (Å²) < 4.78 is 4.69. The van der Waals surface area contributed by atoms with Crippen LogP contribution < -0.4 is 4.74 Å². The predicted octanol–water partition coefficient (Wildman–Crippen LogP) is 6.86. The minimum absolute atomic E-state index is 0.0160. The van der Waals surface area contributed by atoms with Crippen molar-refractivity contribution in [3.05, 3.63) is 29.8 Å². The van der Waals surface area contributed by atoms with Crippen molar-refractivity contribution >= 4 is 17.9 Å². The standard InChI is InChI=1S/C16H32O2.C9H8O4/c1-2-3-4-5-6-7-8-9-10-11-12-13-14-15-16(17)18;1-6(10)13-8-5-3-2-4-7(8)9(11)12/h2-15H2,1H3,(H,17,18);2-5H,1H3,(H,11,12). The maximum Gasteiger partial charge on any atom is 0.339 e. The molecule has 0 aliphatic rings. The molecule has 176 valence electrons. The van der Waals surface area contributed by atoms with Crippen LogP contribution in [-0.4, -0.2) is 28.1 Å². The van der Waals surface area contributed by atoms with Gasteiger partial charge in [-0.15, -0.1) is 0 Å². The van der Waals surface area contributed by atoms with Gasteiger partial charge < -0.3 is 14.9 Å². The van der Waals surface area contributed by atoms with E-state index in [2.05, 4.69) is 11.7 Å². The van der Waals surface area contributed by atoms with Gasteiger partial charge in [0, 0.05) is 13.3 Å². The number of aliphatic carboxylic acids is 1. The number of benzene rings is 1. The number of hydrogen-bond donors (Lipinski definition) is 2. The van der Waals surface area contributed by atoms with Gasteiger partial charge in [-0.05, 0) is 18.6 Å². The predicted molar refractivity (Wildman–Crippen MR) is 123 cm³/mol. The van der Waals surface area contributed by atoms with Gasteiger partial charge in [-0.2, -0.15) is 0 Å². The normalized spacial score (nSPS) is 10.1. The van der Waals surface area contributed by atoms with Crippen LogP contribution in [0.3, 0.4) is 0 Å². The Morgan fingerprint density at radius 3 is 1.61 bits per heavy atom. The smallest absolute Gasteiger partial charge is 0.339 e. The Kier molecular flexibility index (Phi) is 18.1.